The number of carbonyl (C=O) groups excluding carboxylic acids is 3. The molecule has 0 amide bonds. The van der Waals surface area contributed by atoms with Crippen molar-refractivity contribution in [3.05, 3.63) is 41.8 Å². The van der Waals surface area contributed by atoms with Crippen LogP contribution in [0.1, 0.15) is 32.4 Å². The Morgan fingerprint density at radius 1 is 1.14 bits per heavy atom. The van der Waals surface area contributed by atoms with Crippen LogP contribution in [0.4, 0.5) is 0 Å². The van der Waals surface area contributed by atoms with E-state index in [0.717, 1.165) is 0 Å². The van der Waals surface area contributed by atoms with Crippen molar-refractivity contribution in [1.82, 2.24) is 4.90 Å². The van der Waals surface area contributed by atoms with Gasteiger partial charge in [0.2, 0.25) is 11.6 Å². The van der Waals surface area contributed by atoms with Gasteiger partial charge in [0.15, 0.2) is 17.8 Å². The summed E-state index contributed by atoms with van der Waals surface area (Å²) >= 11 is 0. The molecule has 1 saturated heterocycles. The number of ketones is 3. The highest BCUT2D eigenvalue weighted by atomic mass is 16.5. The number of ether oxygens (including phenoxy) is 3. The summed E-state index contributed by atoms with van der Waals surface area (Å²) in [5.74, 6) is -0.274. The van der Waals surface area contributed by atoms with Crippen LogP contribution in [0.2, 0.25) is 0 Å². The molecular formula is C21H25NO6. The summed E-state index contributed by atoms with van der Waals surface area (Å²) in [6, 6.07) is 6.68. The first-order valence-electron chi connectivity index (χ1n) is 9.31. The van der Waals surface area contributed by atoms with Gasteiger partial charge in [0.05, 0.1) is 13.2 Å². The van der Waals surface area contributed by atoms with Crippen molar-refractivity contribution >= 4 is 17.3 Å². The number of allylic oxidation sites excluding steroid dienone is 1. The second-order valence-corrected chi connectivity index (χ2v) is 7.84. The molecule has 1 atom stereocenters. The zero-order valence-corrected chi connectivity index (χ0v) is 16.4. The van der Waals surface area contributed by atoms with Crippen LogP contribution in [0.5, 0.6) is 5.75 Å². The minimum atomic E-state index is -0.986. The molecule has 0 spiro atoms. The summed E-state index contributed by atoms with van der Waals surface area (Å²) in [5.41, 5.74) is 0.0944. The van der Waals surface area contributed by atoms with Crippen LogP contribution in [0, 0.1) is 5.41 Å². The number of carbonyl (C=O) groups is 3. The molecule has 1 fully saturated rings. The van der Waals surface area contributed by atoms with Crippen LogP contribution in [0.25, 0.3) is 0 Å². The van der Waals surface area contributed by atoms with Gasteiger partial charge in [0, 0.05) is 30.1 Å². The monoisotopic (exact) mass is 387 g/mol. The second kappa shape index (κ2) is 8.14. The molecule has 0 bridgehead atoms. The van der Waals surface area contributed by atoms with Crippen LogP contribution < -0.4 is 4.74 Å². The summed E-state index contributed by atoms with van der Waals surface area (Å²) in [4.78, 5) is 38.3. The Morgan fingerprint density at radius 3 is 2.39 bits per heavy atom. The third kappa shape index (κ3) is 4.59. The average molecular weight is 387 g/mol. The molecule has 0 N–H and O–H groups in total. The Morgan fingerprint density at radius 2 is 1.79 bits per heavy atom. The van der Waals surface area contributed by atoms with E-state index in [4.69, 9.17) is 14.2 Å². The molecule has 1 unspecified atom stereocenters. The first kappa shape index (κ1) is 20.1. The Bertz CT molecular complexity index is 784. The van der Waals surface area contributed by atoms with Gasteiger partial charge in [-0.25, -0.2) is 0 Å². The first-order valence-corrected chi connectivity index (χ1v) is 9.31. The molecule has 0 aliphatic carbocycles. The molecule has 28 heavy (non-hydrogen) atoms. The van der Waals surface area contributed by atoms with E-state index in [-0.39, 0.29) is 12.4 Å². The van der Waals surface area contributed by atoms with Gasteiger partial charge in [-0.1, -0.05) is 32.9 Å². The summed E-state index contributed by atoms with van der Waals surface area (Å²) in [6.07, 6.45) is 0.264. The third-order valence-corrected chi connectivity index (χ3v) is 4.69. The van der Waals surface area contributed by atoms with E-state index >= 15 is 0 Å². The molecule has 0 radical (unpaired) electrons. The van der Waals surface area contributed by atoms with Crippen LogP contribution in [0.15, 0.2) is 36.2 Å². The number of hydrogen-bond donors (Lipinski definition) is 0. The van der Waals surface area contributed by atoms with Gasteiger partial charge in [0.1, 0.15) is 12.4 Å². The van der Waals surface area contributed by atoms with Crippen molar-refractivity contribution in [2.24, 2.45) is 5.41 Å². The van der Waals surface area contributed by atoms with Crippen molar-refractivity contribution in [3.63, 3.8) is 0 Å². The minimum Gasteiger partial charge on any atom is -0.486 e. The lowest BCUT2D eigenvalue weighted by Gasteiger charge is -2.34. The van der Waals surface area contributed by atoms with Gasteiger partial charge in [0.25, 0.3) is 0 Å². The maximum Gasteiger partial charge on any atom is 0.247 e. The SMILES string of the molecule is CC(C)(C)C(=O)COc1ccc(C2OC(N3CCOCC3)=CC(=O)C2=O)cc1. The normalized spacial score (nSPS) is 20.5. The standard InChI is InChI=1S/C21H25NO6/c1-21(2,3)17(24)13-27-15-6-4-14(5-7-15)20-19(25)16(23)12-18(28-20)22-8-10-26-11-9-22/h4-7,12,20H,8-11,13H2,1-3H3. The van der Waals surface area contributed by atoms with Gasteiger partial charge in [-0.2, -0.15) is 0 Å². The maximum atomic E-state index is 12.3. The highest BCUT2D eigenvalue weighted by Crippen LogP contribution is 2.29. The Hall–Kier alpha value is -2.67. The van der Waals surface area contributed by atoms with Gasteiger partial charge < -0.3 is 19.1 Å². The molecule has 7 heteroatoms. The number of Topliss-reactive ketones (excluding diaryl/α,β-unsaturated/α-hetero) is 2. The number of rotatable bonds is 5. The van der Waals surface area contributed by atoms with Gasteiger partial charge in [-0.3, -0.25) is 14.4 Å². The largest absolute Gasteiger partial charge is 0.486 e. The average Bonchev–Trinajstić information content (AvgIpc) is 2.68. The van der Waals surface area contributed by atoms with Crippen molar-refractivity contribution in [3.8, 4) is 5.75 Å². The molecule has 150 valence electrons. The molecule has 0 aromatic heterocycles. The number of hydrogen-bond acceptors (Lipinski definition) is 7. The fourth-order valence-corrected chi connectivity index (χ4v) is 2.79. The summed E-state index contributed by atoms with van der Waals surface area (Å²) in [7, 11) is 0. The second-order valence-electron chi connectivity index (χ2n) is 7.84. The van der Waals surface area contributed by atoms with E-state index in [1.54, 1.807) is 24.3 Å². The summed E-state index contributed by atoms with van der Waals surface area (Å²) in [6.45, 7) is 7.80. The van der Waals surface area contributed by atoms with Crippen molar-refractivity contribution in [2.45, 2.75) is 26.9 Å². The molecule has 1 aromatic rings. The quantitative estimate of drug-likeness (QED) is 0.715. The lowest BCUT2D eigenvalue weighted by molar-refractivity contribution is -0.144. The maximum absolute atomic E-state index is 12.3. The topological polar surface area (TPSA) is 82.1 Å². The molecule has 1 aromatic carbocycles. The lowest BCUT2D eigenvalue weighted by atomic mass is 9.91. The van der Waals surface area contributed by atoms with E-state index in [1.165, 1.54) is 6.08 Å². The number of benzene rings is 1. The predicted octanol–water partition coefficient (Wildman–Crippen LogP) is 2.06. The fraction of sp³-hybridized carbons (Fsp3) is 0.476. The summed E-state index contributed by atoms with van der Waals surface area (Å²) in [5, 5.41) is 0. The van der Waals surface area contributed by atoms with Crippen molar-refractivity contribution in [2.75, 3.05) is 32.9 Å². The van der Waals surface area contributed by atoms with Crippen LogP contribution in [-0.4, -0.2) is 55.2 Å². The molecule has 2 heterocycles. The van der Waals surface area contributed by atoms with Gasteiger partial charge >= 0.3 is 0 Å². The Balaban J connectivity index is 1.68. The molecule has 2 aliphatic heterocycles. The number of nitrogens with zero attached hydrogens (tertiary/aromatic N) is 1. The first-order chi connectivity index (χ1) is 13.3. The molecular weight excluding hydrogens is 362 g/mol. The zero-order chi connectivity index (χ0) is 20.3. The van der Waals surface area contributed by atoms with E-state index in [1.807, 2.05) is 25.7 Å². The summed E-state index contributed by atoms with van der Waals surface area (Å²) < 4.78 is 16.7. The molecule has 2 aliphatic rings. The molecule has 3 rings (SSSR count). The minimum absolute atomic E-state index is 0.00625. The highest BCUT2D eigenvalue weighted by Gasteiger charge is 2.35. The smallest absolute Gasteiger partial charge is 0.247 e. The van der Waals surface area contributed by atoms with E-state index in [2.05, 4.69) is 0 Å². The number of morpholine rings is 1. The fourth-order valence-electron chi connectivity index (χ4n) is 2.79. The highest BCUT2D eigenvalue weighted by molar-refractivity contribution is 6.43. The Kier molecular flexibility index (Phi) is 5.84. The zero-order valence-electron chi connectivity index (χ0n) is 16.4. The van der Waals surface area contributed by atoms with Crippen LogP contribution in [-0.2, 0) is 23.9 Å². The van der Waals surface area contributed by atoms with Gasteiger partial charge in [-0.15, -0.1) is 0 Å². The van der Waals surface area contributed by atoms with Crippen LogP contribution in [0.3, 0.4) is 0 Å². The molecule has 0 saturated carbocycles. The van der Waals surface area contributed by atoms with Crippen molar-refractivity contribution in [1.29, 1.82) is 0 Å². The Labute approximate surface area is 164 Å². The lowest BCUT2D eigenvalue weighted by Crippen LogP contribution is -2.40. The van der Waals surface area contributed by atoms with Crippen LogP contribution >= 0.6 is 0 Å². The van der Waals surface area contributed by atoms with Crippen molar-refractivity contribution < 1.29 is 28.6 Å². The van der Waals surface area contributed by atoms with E-state index in [9.17, 15) is 14.4 Å². The van der Waals surface area contributed by atoms with E-state index in [0.29, 0.717) is 43.5 Å². The third-order valence-electron chi connectivity index (χ3n) is 4.69. The molecule has 7 nitrogen and oxygen atoms in total. The van der Waals surface area contributed by atoms with E-state index < -0.39 is 23.1 Å². The van der Waals surface area contributed by atoms with Gasteiger partial charge in [-0.05, 0) is 12.1 Å². The predicted molar refractivity (Wildman–Crippen MR) is 101 cm³/mol.